The van der Waals surface area contributed by atoms with Crippen molar-refractivity contribution in [2.75, 3.05) is 5.73 Å². The van der Waals surface area contributed by atoms with Gasteiger partial charge in [-0.25, -0.2) is 0 Å². The average Bonchev–Trinajstić information content (AvgIpc) is 2.31. The molecule has 0 atom stereocenters. The fraction of sp³-hybridized carbons (Fsp3) is 0.0769. The highest BCUT2D eigenvalue weighted by Gasteiger charge is 2.10. The number of nitrogen functional groups attached to an aromatic ring is 1. The molecule has 18 heavy (non-hydrogen) atoms. The molecule has 2 aromatic carbocycles. The predicted octanol–water partition coefficient (Wildman–Crippen LogP) is 3.28. The molecule has 0 unspecified atom stereocenters. The summed E-state index contributed by atoms with van der Waals surface area (Å²) >= 11 is 0. The van der Waals surface area contributed by atoms with Crippen LogP contribution in [0.15, 0.2) is 42.5 Å². The Bertz CT molecular complexity index is 597. The number of nitro benzene ring substituents is 1. The lowest BCUT2D eigenvalue weighted by Crippen LogP contribution is -1.92. The van der Waals surface area contributed by atoms with Crippen LogP contribution in [0.2, 0.25) is 0 Å². The van der Waals surface area contributed by atoms with Crippen LogP contribution < -0.4 is 10.5 Å². The molecule has 2 N–H and O–H groups in total. The van der Waals surface area contributed by atoms with E-state index in [4.69, 9.17) is 10.5 Å². The first-order valence-electron chi connectivity index (χ1n) is 5.35. The van der Waals surface area contributed by atoms with Crippen molar-refractivity contribution < 1.29 is 9.66 Å². The zero-order valence-corrected chi connectivity index (χ0v) is 9.79. The van der Waals surface area contributed by atoms with Crippen molar-refractivity contribution >= 4 is 11.4 Å². The standard InChI is InChI=1S/C13H12N2O3/c1-9-5-6-11(15(16)17)8-13(9)18-12-4-2-3-10(14)7-12/h2-8H,14H2,1H3. The van der Waals surface area contributed by atoms with Gasteiger partial charge in [0.2, 0.25) is 0 Å². The Morgan fingerprint density at radius 3 is 2.67 bits per heavy atom. The quantitative estimate of drug-likeness (QED) is 0.510. The van der Waals surface area contributed by atoms with Crippen LogP contribution in [0.3, 0.4) is 0 Å². The van der Waals surface area contributed by atoms with E-state index in [2.05, 4.69) is 0 Å². The lowest BCUT2D eigenvalue weighted by molar-refractivity contribution is -0.384. The smallest absolute Gasteiger partial charge is 0.273 e. The Morgan fingerprint density at radius 2 is 2.00 bits per heavy atom. The third kappa shape index (κ3) is 2.57. The van der Waals surface area contributed by atoms with Gasteiger partial charge < -0.3 is 10.5 Å². The molecular formula is C13H12N2O3. The van der Waals surface area contributed by atoms with Crippen molar-refractivity contribution in [1.82, 2.24) is 0 Å². The molecule has 2 rings (SSSR count). The summed E-state index contributed by atoms with van der Waals surface area (Å²) in [5.41, 5.74) is 7.04. The molecule has 0 amide bonds. The molecule has 0 saturated heterocycles. The van der Waals surface area contributed by atoms with Crippen molar-refractivity contribution in [2.45, 2.75) is 6.92 Å². The van der Waals surface area contributed by atoms with Gasteiger partial charge in [-0.15, -0.1) is 0 Å². The topological polar surface area (TPSA) is 78.4 Å². The lowest BCUT2D eigenvalue weighted by atomic mass is 10.2. The summed E-state index contributed by atoms with van der Waals surface area (Å²) in [6, 6.07) is 11.4. The Kier molecular flexibility index (Phi) is 3.14. The molecule has 0 saturated carbocycles. The monoisotopic (exact) mass is 244 g/mol. The van der Waals surface area contributed by atoms with Crippen molar-refractivity contribution in [2.24, 2.45) is 0 Å². The third-order valence-corrected chi connectivity index (χ3v) is 2.47. The van der Waals surface area contributed by atoms with Gasteiger partial charge in [0.05, 0.1) is 11.0 Å². The summed E-state index contributed by atoms with van der Waals surface area (Å²) in [6.45, 7) is 1.82. The van der Waals surface area contributed by atoms with Crippen LogP contribution in [-0.2, 0) is 0 Å². The molecule has 5 nitrogen and oxygen atoms in total. The van der Waals surface area contributed by atoms with E-state index in [1.807, 2.05) is 6.92 Å². The van der Waals surface area contributed by atoms with Crippen LogP contribution in [0.5, 0.6) is 11.5 Å². The Balaban J connectivity index is 2.33. The maximum absolute atomic E-state index is 10.7. The first-order valence-corrected chi connectivity index (χ1v) is 5.35. The number of nitro groups is 1. The zero-order valence-electron chi connectivity index (χ0n) is 9.79. The van der Waals surface area contributed by atoms with Gasteiger partial charge in [-0.1, -0.05) is 6.07 Å². The molecule has 0 aliphatic heterocycles. The van der Waals surface area contributed by atoms with Crippen LogP contribution in [0.25, 0.3) is 0 Å². The molecule has 0 spiro atoms. The fourth-order valence-corrected chi connectivity index (χ4v) is 1.52. The van der Waals surface area contributed by atoms with Gasteiger partial charge in [-0.3, -0.25) is 10.1 Å². The summed E-state index contributed by atoms with van der Waals surface area (Å²) in [6.07, 6.45) is 0. The summed E-state index contributed by atoms with van der Waals surface area (Å²) < 4.78 is 5.60. The minimum atomic E-state index is -0.453. The van der Waals surface area contributed by atoms with Crippen LogP contribution in [-0.4, -0.2) is 4.92 Å². The molecule has 92 valence electrons. The Morgan fingerprint density at radius 1 is 1.22 bits per heavy atom. The predicted molar refractivity (Wildman–Crippen MR) is 68.8 cm³/mol. The molecule has 0 bridgehead atoms. The highest BCUT2D eigenvalue weighted by atomic mass is 16.6. The molecule has 0 radical (unpaired) electrons. The highest BCUT2D eigenvalue weighted by molar-refractivity contribution is 5.48. The second-order valence-corrected chi connectivity index (χ2v) is 3.88. The fourth-order valence-electron chi connectivity index (χ4n) is 1.52. The van der Waals surface area contributed by atoms with E-state index in [9.17, 15) is 10.1 Å². The summed E-state index contributed by atoms with van der Waals surface area (Å²) in [5, 5.41) is 10.7. The molecule has 0 aliphatic rings. The third-order valence-electron chi connectivity index (χ3n) is 2.47. The van der Waals surface area contributed by atoms with E-state index < -0.39 is 4.92 Å². The number of non-ortho nitro benzene ring substituents is 1. The maximum Gasteiger partial charge on any atom is 0.273 e. The van der Waals surface area contributed by atoms with Gasteiger partial charge in [0.15, 0.2) is 0 Å². The van der Waals surface area contributed by atoms with E-state index in [-0.39, 0.29) is 5.69 Å². The second kappa shape index (κ2) is 4.75. The van der Waals surface area contributed by atoms with Gasteiger partial charge in [-0.2, -0.15) is 0 Å². The van der Waals surface area contributed by atoms with E-state index in [1.165, 1.54) is 12.1 Å². The number of anilines is 1. The SMILES string of the molecule is Cc1ccc([N+](=O)[O-])cc1Oc1cccc(N)c1. The van der Waals surface area contributed by atoms with Crippen molar-refractivity contribution in [3.63, 3.8) is 0 Å². The van der Waals surface area contributed by atoms with Gasteiger partial charge in [0.25, 0.3) is 5.69 Å². The molecule has 5 heteroatoms. The lowest BCUT2D eigenvalue weighted by Gasteiger charge is -2.08. The van der Waals surface area contributed by atoms with E-state index in [0.717, 1.165) is 5.56 Å². The average molecular weight is 244 g/mol. The molecule has 0 heterocycles. The van der Waals surface area contributed by atoms with Crippen LogP contribution in [0.1, 0.15) is 5.56 Å². The van der Waals surface area contributed by atoms with Crippen molar-refractivity contribution in [3.05, 3.63) is 58.1 Å². The first kappa shape index (κ1) is 11.9. The summed E-state index contributed by atoms with van der Waals surface area (Å²) in [7, 11) is 0. The molecule has 0 aromatic heterocycles. The number of hydrogen-bond acceptors (Lipinski definition) is 4. The number of rotatable bonds is 3. The van der Waals surface area contributed by atoms with Crippen molar-refractivity contribution in [3.8, 4) is 11.5 Å². The van der Waals surface area contributed by atoms with Gasteiger partial charge in [0.1, 0.15) is 11.5 Å². The van der Waals surface area contributed by atoms with Gasteiger partial charge in [-0.05, 0) is 30.7 Å². The maximum atomic E-state index is 10.7. The van der Waals surface area contributed by atoms with Crippen molar-refractivity contribution in [1.29, 1.82) is 0 Å². The zero-order chi connectivity index (χ0) is 13.1. The molecule has 0 aliphatic carbocycles. The van der Waals surface area contributed by atoms with E-state index in [0.29, 0.717) is 17.2 Å². The molecular weight excluding hydrogens is 232 g/mol. The first-order chi connectivity index (χ1) is 8.56. The summed E-state index contributed by atoms with van der Waals surface area (Å²) in [5.74, 6) is 1.01. The van der Waals surface area contributed by atoms with Gasteiger partial charge >= 0.3 is 0 Å². The van der Waals surface area contributed by atoms with E-state index >= 15 is 0 Å². The summed E-state index contributed by atoms with van der Waals surface area (Å²) in [4.78, 5) is 10.2. The van der Waals surface area contributed by atoms with Crippen LogP contribution in [0, 0.1) is 17.0 Å². The molecule has 0 fully saturated rings. The Labute approximate surface area is 104 Å². The molecule has 2 aromatic rings. The number of aryl methyl sites for hydroxylation is 1. The van der Waals surface area contributed by atoms with Crippen LogP contribution >= 0.6 is 0 Å². The number of nitrogens with two attached hydrogens (primary N) is 1. The number of hydrogen-bond donors (Lipinski definition) is 1. The largest absolute Gasteiger partial charge is 0.457 e. The second-order valence-electron chi connectivity index (χ2n) is 3.88. The Hall–Kier alpha value is -2.56. The highest BCUT2D eigenvalue weighted by Crippen LogP contribution is 2.29. The number of nitrogens with zero attached hydrogens (tertiary/aromatic N) is 1. The minimum Gasteiger partial charge on any atom is -0.457 e. The normalized spacial score (nSPS) is 10.1. The number of benzene rings is 2. The van der Waals surface area contributed by atoms with Gasteiger partial charge in [0, 0.05) is 17.8 Å². The minimum absolute atomic E-state index is 0.000460. The van der Waals surface area contributed by atoms with E-state index in [1.54, 1.807) is 30.3 Å². The number of ether oxygens (including phenoxy) is 1. The van der Waals surface area contributed by atoms with Crippen LogP contribution in [0.4, 0.5) is 11.4 Å².